The van der Waals surface area contributed by atoms with Crippen LogP contribution in [-0.4, -0.2) is 43.7 Å². The maximum absolute atomic E-state index is 12.1. The average Bonchev–Trinajstić information content (AvgIpc) is 2.38. The SMILES string of the molecule is COCCN(CC(=O)Nc1cc(N)ccc1C)C(C)C. The van der Waals surface area contributed by atoms with Gasteiger partial charge in [-0.3, -0.25) is 9.69 Å². The molecule has 3 N–H and O–H groups in total. The van der Waals surface area contributed by atoms with Crippen molar-refractivity contribution in [3.05, 3.63) is 23.8 Å². The predicted octanol–water partition coefficient (Wildman–Crippen LogP) is 1.87. The minimum atomic E-state index is -0.0384. The number of hydrogen-bond donors (Lipinski definition) is 2. The number of carbonyl (C=O) groups is 1. The Labute approximate surface area is 121 Å². The van der Waals surface area contributed by atoms with Crippen molar-refractivity contribution in [3.63, 3.8) is 0 Å². The van der Waals surface area contributed by atoms with Gasteiger partial charge in [-0.1, -0.05) is 6.07 Å². The van der Waals surface area contributed by atoms with Crippen molar-refractivity contribution < 1.29 is 9.53 Å². The summed E-state index contributed by atoms with van der Waals surface area (Å²) in [5.41, 5.74) is 8.15. The summed E-state index contributed by atoms with van der Waals surface area (Å²) in [4.78, 5) is 14.2. The Bertz CT molecular complexity index is 447. The smallest absolute Gasteiger partial charge is 0.238 e. The molecule has 0 fully saturated rings. The van der Waals surface area contributed by atoms with Crippen molar-refractivity contribution in [1.82, 2.24) is 4.90 Å². The number of anilines is 2. The monoisotopic (exact) mass is 279 g/mol. The molecule has 20 heavy (non-hydrogen) atoms. The van der Waals surface area contributed by atoms with Crippen LogP contribution in [0.25, 0.3) is 0 Å². The van der Waals surface area contributed by atoms with Gasteiger partial charge in [-0.2, -0.15) is 0 Å². The molecule has 0 saturated carbocycles. The van der Waals surface area contributed by atoms with Crippen LogP contribution in [0.3, 0.4) is 0 Å². The van der Waals surface area contributed by atoms with E-state index in [9.17, 15) is 4.79 Å². The lowest BCUT2D eigenvalue weighted by atomic mass is 10.2. The lowest BCUT2D eigenvalue weighted by Crippen LogP contribution is -2.40. The largest absolute Gasteiger partial charge is 0.399 e. The normalized spacial score (nSPS) is 11.1. The van der Waals surface area contributed by atoms with E-state index in [2.05, 4.69) is 24.1 Å². The van der Waals surface area contributed by atoms with Crippen molar-refractivity contribution in [2.24, 2.45) is 0 Å². The molecule has 1 amide bonds. The van der Waals surface area contributed by atoms with Gasteiger partial charge in [0, 0.05) is 31.1 Å². The van der Waals surface area contributed by atoms with Crippen molar-refractivity contribution in [2.75, 3.05) is 37.9 Å². The molecule has 1 rings (SSSR count). The summed E-state index contributed by atoms with van der Waals surface area (Å²) >= 11 is 0. The highest BCUT2D eigenvalue weighted by molar-refractivity contribution is 5.93. The molecule has 0 aromatic heterocycles. The molecule has 0 atom stereocenters. The summed E-state index contributed by atoms with van der Waals surface area (Å²) < 4.78 is 5.07. The molecule has 0 radical (unpaired) electrons. The molecular formula is C15H25N3O2. The highest BCUT2D eigenvalue weighted by Crippen LogP contribution is 2.18. The number of hydrogen-bond acceptors (Lipinski definition) is 4. The predicted molar refractivity (Wildman–Crippen MR) is 82.8 cm³/mol. The summed E-state index contributed by atoms with van der Waals surface area (Å²) in [6.45, 7) is 7.76. The van der Waals surface area contributed by atoms with Gasteiger partial charge in [0.1, 0.15) is 0 Å². The number of methoxy groups -OCH3 is 1. The molecule has 112 valence electrons. The fraction of sp³-hybridized carbons (Fsp3) is 0.533. The van der Waals surface area contributed by atoms with Crippen LogP contribution < -0.4 is 11.1 Å². The van der Waals surface area contributed by atoms with Crippen LogP contribution in [0.4, 0.5) is 11.4 Å². The van der Waals surface area contributed by atoms with Crippen LogP contribution in [0.1, 0.15) is 19.4 Å². The number of carbonyl (C=O) groups excluding carboxylic acids is 1. The Morgan fingerprint density at radius 3 is 2.75 bits per heavy atom. The van der Waals surface area contributed by atoms with E-state index in [4.69, 9.17) is 10.5 Å². The van der Waals surface area contributed by atoms with Gasteiger partial charge >= 0.3 is 0 Å². The Kier molecular flexibility index (Phi) is 6.48. The van der Waals surface area contributed by atoms with E-state index in [0.29, 0.717) is 18.8 Å². The first kappa shape index (κ1) is 16.5. The zero-order valence-corrected chi connectivity index (χ0v) is 12.8. The number of nitrogens with zero attached hydrogens (tertiary/aromatic N) is 1. The van der Waals surface area contributed by atoms with Crippen LogP contribution in [0.15, 0.2) is 18.2 Å². The molecular weight excluding hydrogens is 254 g/mol. The number of amides is 1. The van der Waals surface area contributed by atoms with E-state index < -0.39 is 0 Å². The lowest BCUT2D eigenvalue weighted by molar-refractivity contribution is -0.117. The number of benzene rings is 1. The molecule has 0 aliphatic rings. The second-order valence-corrected chi connectivity index (χ2v) is 5.18. The highest BCUT2D eigenvalue weighted by atomic mass is 16.5. The van der Waals surface area contributed by atoms with Crippen molar-refractivity contribution in [1.29, 1.82) is 0 Å². The van der Waals surface area contributed by atoms with Crippen molar-refractivity contribution in [3.8, 4) is 0 Å². The van der Waals surface area contributed by atoms with E-state index in [1.807, 2.05) is 19.1 Å². The number of rotatable bonds is 7. The summed E-state index contributed by atoms with van der Waals surface area (Å²) in [6.07, 6.45) is 0. The third-order valence-corrected chi connectivity index (χ3v) is 3.20. The van der Waals surface area contributed by atoms with Crippen LogP contribution in [0.2, 0.25) is 0 Å². The molecule has 1 aromatic rings. The summed E-state index contributed by atoms with van der Waals surface area (Å²) in [5, 5.41) is 2.91. The minimum absolute atomic E-state index is 0.0384. The Hall–Kier alpha value is -1.59. The maximum Gasteiger partial charge on any atom is 0.238 e. The first-order chi connectivity index (χ1) is 9.43. The molecule has 5 nitrogen and oxygen atoms in total. The molecule has 5 heteroatoms. The van der Waals surface area contributed by atoms with E-state index in [0.717, 1.165) is 17.8 Å². The standard InChI is InChI=1S/C15H25N3O2/c1-11(2)18(7-8-20-4)10-15(19)17-14-9-13(16)6-5-12(14)3/h5-6,9,11H,7-8,10,16H2,1-4H3,(H,17,19). The quantitative estimate of drug-likeness (QED) is 0.748. The molecule has 0 saturated heterocycles. The number of nitrogen functional groups attached to an aromatic ring is 1. The number of aryl methyl sites for hydroxylation is 1. The molecule has 0 bridgehead atoms. The van der Waals surface area contributed by atoms with Gasteiger partial charge in [-0.05, 0) is 38.5 Å². The minimum Gasteiger partial charge on any atom is -0.399 e. The van der Waals surface area contributed by atoms with Gasteiger partial charge in [-0.25, -0.2) is 0 Å². The van der Waals surface area contributed by atoms with Gasteiger partial charge in [0.2, 0.25) is 5.91 Å². The third-order valence-electron chi connectivity index (χ3n) is 3.20. The van der Waals surface area contributed by atoms with E-state index >= 15 is 0 Å². The molecule has 0 heterocycles. The van der Waals surface area contributed by atoms with Crippen molar-refractivity contribution in [2.45, 2.75) is 26.8 Å². The van der Waals surface area contributed by atoms with E-state index in [-0.39, 0.29) is 11.9 Å². The highest BCUT2D eigenvalue weighted by Gasteiger charge is 2.14. The van der Waals surface area contributed by atoms with Crippen LogP contribution >= 0.6 is 0 Å². The average molecular weight is 279 g/mol. The lowest BCUT2D eigenvalue weighted by Gasteiger charge is -2.25. The molecule has 0 aliphatic carbocycles. The van der Waals surface area contributed by atoms with Crippen LogP contribution in [0.5, 0.6) is 0 Å². The zero-order valence-electron chi connectivity index (χ0n) is 12.8. The number of nitrogens with one attached hydrogen (secondary N) is 1. The van der Waals surface area contributed by atoms with Gasteiger partial charge in [-0.15, -0.1) is 0 Å². The first-order valence-corrected chi connectivity index (χ1v) is 6.83. The fourth-order valence-corrected chi connectivity index (χ4v) is 1.88. The molecule has 1 aromatic carbocycles. The Morgan fingerprint density at radius 1 is 1.45 bits per heavy atom. The van der Waals surface area contributed by atoms with Crippen LogP contribution in [-0.2, 0) is 9.53 Å². The van der Waals surface area contributed by atoms with Gasteiger partial charge in [0.15, 0.2) is 0 Å². The second kappa shape index (κ2) is 7.87. The summed E-state index contributed by atoms with van der Waals surface area (Å²) in [6, 6.07) is 5.79. The number of ether oxygens (including phenoxy) is 1. The summed E-state index contributed by atoms with van der Waals surface area (Å²) in [5.74, 6) is -0.0384. The molecule has 0 spiro atoms. The number of nitrogens with two attached hydrogens (primary N) is 1. The Morgan fingerprint density at radius 2 is 2.15 bits per heavy atom. The Balaban J connectivity index is 2.63. The van der Waals surface area contributed by atoms with Gasteiger partial charge in [0.05, 0.1) is 13.2 Å². The van der Waals surface area contributed by atoms with Crippen LogP contribution in [0, 0.1) is 6.92 Å². The van der Waals surface area contributed by atoms with Gasteiger partial charge in [0.25, 0.3) is 0 Å². The van der Waals surface area contributed by atoms with E-state index in [1.165, 1.54) is 0 Å². The molecule has 0 unspecified atom stereocenters. The zero-order chi connectivity index (χ0) is 15.1. The third kappa shape index (κ3) is 5.19. The first-order valence-electron chi connectivity index (χ1n) is 6.83. The van der Waals surface area contributed by atoms with E-state index in [1.54, 1.807) is 13.2 Å². The second-order valence-electron chi connectivity index (χ2n) is 5.18. The topological polar surface area (TPSA) is 67.6 Å². The molecule has 0 aliphatic heterocycles. The van der Waals surface area contributed by atoms with Gasteiger partial charge < -0.3 is 15.8 Å². The maximum atomic E-state index is 12.1. The van der Waals surface area contributed by atoms with Crippen molar-refractivity contribution >= 4 is 17.3 Å². The fourth-order valence-electron chi connectivity index (χ4n) is 1.88. The summed E-state index contributed by atoms with van der Waals surface area (Å²) in [7, 11) is 1.66.